The second-order valence-corrected chi connectivity index (χ2v) is 15.1. The largest absolute Gasteiger partial charge is 0.507 e. The van der Waals surface area contributed by atoms with E-state index in [1.54, 1.807) is 0 Å². The molecule has 0 aliphatic carbocycles. The number of aromatic hydroxyl groups is 5. The normalized spacial score (nSPS) is 31.8. The van der Waals surface area contributed by atoms with E-state index in [1.165, 1.54) is 12.1 Å². The third-order valence-corrected chi connectivity index (χ3v) is 10.7. The van der Waals surface area contributed by atoms with E-state index >= 15 is 0 Å². The fraction of sp³-hybridized carbons (Fsp3) is 0.415. The number of esters is 1. The summed E-state index contributed by atoms with van der Waals surface area (Å²) in [5.41, 5.74) is -1.61. The SMILES string of the molecule is O=C(C=Cc1ccc(O)c(O)c1)O[C@H]1[C@H](O[C@H]2[C@H](Oc3c(-c4ccc(O)c(O)c4)oc4cc(O[C@@H]5O[C@H](CO)[C@@H](O)[C@H](O)[C@H]5O)cc(O)c4c3=O)O[C@H](CO)[C@@H](O)[C@@H]2O)OC[C@@H](O)[C@@H]1O. The molecule has 4 heterocycles. The third kappa shape index (κ3) is 9.61. The van der Waals surface area contributed by atoms with Crippen molar-refractivity contribution in [2.24, 2.45) is 0 Å². The Bertz CT molecular complexity index is 2440. The first kappa shape index (κ1) is 47.1. The van der Waals surface area contributed by atoms with Crippen molar-refractivity contribution in [1.29, 1.82) is 0 Å². The molecule has 65 heavy (non-hydrogen) atoms. The van der Waals surface area contributed by atoms with Crippen molar-refractivity contribution < 1.29 is 114 Å². The topological polar surface area (TPSA) is 395 Å². The molecule has 3 aliphatic heterocycles. The number of carbonyl (C=O) groups is 1. The third-order valence-electron chi connectivity index (χ3n) is 10.7. The van der Waals surface area contributed by atoms with Crippen LogP contribution in [0.3, 0.4) is 0 Å². The summed E-state index contributed by atoms with van der Waals surface area (Å²) < 4.78 is 45.6. The molecule has 0 spiro atoms. The molecule has 24 heteroatoms. The van der Waals surface area contributed by atoms with Gasteiger partial charge in [-0.15, -0.1) is 0 Å². The fourth-order valence-corrected chi connectivity index (χ4v) is 7.14. The van der Waals surface area contributed by atoms with Gasteiger partial charge in [-0.05, 0) is 42.0 Å². The molecule has 3 saturated heterocycles. The molecule has 14 N–H and O–H groups in total. The molecule has 1 aromatic heterocycles. The molecule has 0 saturated carbocycles. The number of phenols is 5. The lowest BCUT2D eigenvalue weighted by atomic mass is 9.98. The van der Waals surface area contributed by atoms with Crippen LogP contribution in [-0.4, -0.2) is 183 Å². The van der Waals surface area contributed by atoms with E-state index < -0.39 is 168 Å². The van der Waals surface area contributed by atoms with Crippen molar-refractivity contribution in [1.82, 2.24) is 0 Å². The van der Waals surface area contributed by atoms with Crippen molar-refractivity contribution in [3.05, 3.63) is 70.4 Å². The zero-order valence-electron chi connectivity index (χ0n) is 33.3. The predicted molar refractivity (Wildman–Crippen MR) is 211 cm³/mol. The molecule has 3 aromatic carbocycles. The van der Waals surface area contributed by atoms with E-state index in [4.69, 9.17) is 37.6 Å². The molecule has 0 amide bonds. The van der Waals surface area contributed by atoms with Gasteiger partial charge in [0.15, 0.2) is 47.3 Å². The zero-order chi connectivity index (χ0) is 47.0. The number of fused-ring (bicyclic) bond motifs is 1. The molecule has 0 radical (unpaired) electrons. The van der Waals surface area contributed by atoms with Crippen LogP contribution in [0.4, 0.5) is 0 Å². The van der Waals surface area contributed by atoms with Crippen LogP contribution in [0.5, 0.6) is 40.2 Å². The summed E-state index contributed by atoms with van der Waals surface area (Å²) in [5.74, 6) is -6.04. The van der Waals surface area contributed by atoms with Gasteiger partial charge in [0.2, 0.25) is 23.8 Å². The first-order valence-corrected chi connectivity index (χ1v) is 19.6. The van der Waals surface area contributed by atoms with Crippen LogP contribution >= 0.6 is 0 Å². The zero-order valence-corrected chi connectivity index (χ0v) is 33.3. The lowest BCUT2D eigenvalue weighted by Gasteiger charge is -2.45. The maximum atomic E-state index is 14.4. The van der Waals surface area contributed by atoms with Crippen LogP contribution in [0.25, 0.3) is 28.4 Å². The van der Waals surface area contributed by atoms with Gasteiger partial charge in [-0.1, -0.05) is 6.07 Å². The second-order valence-electron chi connectivity index (χ2n) is 15.1. The smallest absolute Gasteiger partial charge is 0.331 e. The van der Waals surface area contributed by atoms with Gasteiger partial charge in [0, 0.05) is 23.8 Å². The molecule has 352 valence electrons. The molecule has 3 fully saturated rings. The van der Waals surface area contributed by atoms with Crippen molar-refractivity contribution in [2.75, 3.05) is 19.8 Å². The molecule has 4 aromatic rings. The molecule has 0 bridgehead atoms. The van der Waals surface area contributed by atoms with Crippen molar-refractivity contribution in [3.8, 4) is 51.6 Å². The van der Waals surface area contributed by atoms with Crippen molar-refractivity contribution in [2.45, 2.75) is 86.0 Å². The Hall–Kier alpha value is -5.84. The van der Waals surface area contributed by atoms with E-state index in [0.29, 0.717) is 0 Å². The Morgan fingerprint density at radius 1 is 0.662 bits per heavy atom. The Balaban J connectivity index is 1.24. The van der Waals surface area contributed by atoms with Gasteiger partial charge in [-0.2, -0.15) is 0 Å². The first-order chi connectivity index (χ1) is 30.9. The summed E-state index contributed by atoms with van der Waals surface area (Å²) in [4.78, 5) is 27.4. The van der Waals surface area contributed by atoms with Gasteiger partial charge in [-0.25, -0.2) is 4.79 Å². The Morgan fingerprint density at radius 2 is 1.31 bits per heavy atom. The minimum Gasteiger partial charge on any atom is -0.507 e. The highest BCUT2D eigenvalue weighted by molar-refractivity contribution is 5.89. The summed E-state index contributed by atoms with van der Waals surface area (Å²) in [6.07, 6.45) is -23.7. The highest BCUT2D eigenvalue weighted by Crippen LogP contribution is 2.41. The number of rotatable bonds is 12. The average Bonchev–Trinajstić information content (AvgIpc) is 3.27. The summed E-state index contributed by atoms with van der Waals surface area (Å²) in [5, 5.41) is 145. The summed E-state index contributed by atoms with van der Waals surface area (Å²) in [6.45, 7) is -2.38. The van der Waals surface area contributed by atoms with Gasteiger partial charge >= 0.3 is 5.97 Å². The van der Waals surface area contributed by atoms with E-state index in [2.05, 4.69) is 0 Å². The van der Waals surface area contributed by atoms with Crippen LogP contribution in [-0.2, 0) is 28.5 Å². The molecule has 3 aliphatic rings. The number of benzene rings is 3. The summed E-state index contributed by atoms with van der Waals surface area (Å²) >= 11 is 0. The minimum atomic E-state index is -2.10. The lowest BCUT2D eigenvalue weighted by Crippen LogP contribution is -2.64. The maximum Gasteiger partial charge on any atom is 0.331 e. The number of carbonyl (C=O) groups excluding carboxylic acids is 1. The second kappa shape index (κ2) is 19.3. The van der Waals surface area contributed by atoms with Gasteiger partial charge in [-0.3, -0.25) is 4.79 Å². The molecule has 0 unspecified atom stereocenters. The number of hydrogen-bond acceptors (Lipinski definition) is 24. The quantitative estimate of drug-likeness (QED) is 0.0384. The number of phenolic OH excluding ortho intramolecular Hbond substituents is 5. The Labute approximate surface area is 364 Å². The van der Waals surface area contributed by atoms with Crippen molar-refractivity contribution in [3.63, 3.8) is 0 Å². The number of ether oxygens (including phenoxy) is 7. The van der Waals surface area contributed by atoms with E-state index in [0.717, 1.165) is 48.5 Å². The minimum absolute atomic E-state index is 0.183. The van der Waals surface area contributed by atoms with Crippen LogP contribution < -0.4 is 14.9 Å². The number of aliphatic hydroxyl groups is 9. The van der Waals surface area contributed by atoms with Gasteiger partial charge < -0.3 is 109 Å². The highest BCUT2D eigenvalue weighted by Gasteiger charge is 2.52. The molecular weight excluding hydrogens is 876 g/mol. The highest BCUT2D eigenvalue weighted by atomic mass is 16.8. The Kier molecular flexibility index (Phi) is 14.0. The molecule has 7 rings (SSSR count). The number of hydrogen-bond donors (Lipinski definition) is 14. The average molecular weight is 921 g/mol. The van der Waals surface area contributed by atoms with Gasteiger partial charge in [0.25, 0.3) is 0 Å². The summed E-state index contributed by atoms with van der Waals surface area (Å²) in [6, 6.07) is 8.61. The van der Waals surface area contributed by atoms with Crippen molar-refractivity contribution >= 4 is 23.0 Å². The summed E-state index contributed by atoms with van der Waals surface area (Å²) in [7, 11) is 0. The van der Waals surface area contributed by atoms with Crippen LogP contribution in [0.2, 0.25) is 0 Å². The van der Waals surface area contributed by atoms with Gasteiger partial charge in [0.05, 0.1) is 19.8 Å². The predicted octanol–water partition coefficient (Wildman–Crippen LogP) is -2.93. The maximum absolute atomic E-state index is 14.4. The standard InChI is InChI=1S/C41H44O24/c42-11-24-29(52)32(55)34(57)39(61-24)59-16-9-21(48)27-23(10-16)60-35(15-3-5-18(45)20(47)8-15)36(31(27)54)64-41-38(33(56)30(53)25(12-43)62-41)65-40-37(28(51)22(49)13-58-40)63-26(50)6-2-14-1-4-17(44)19(46)7-14/h1-10,22,24-25,28-30,32-34,37-49,51-53,55-57H,11-13H2/t22-,24-,25-,28+,29-,30-,32+,33+,34-,37-,38-,39-,40+,41+/m1/s1. The monoisotopic (exact) mass is 920 g/mol. The first-order valence-electron chi connectivity index (χ1n) is 19.6. The Morgan fingerprint density at radius 3 is 1.97 bits per heavy atom. The van der Waals surface area contributed by atoms with E-state index in [9.17, 15) is 81.1 Å². The molecule has 14 atom stereocenters. The van der Waals surface area contributed by atoms with E-state index in [1.807, 2.05) is 0 Å². The molecular formula is C41H44O24. The van der Waals surface area contributed by atoms with Crippen LogP contribution in [0.15, 0.2) is 63.8 Å². The van der Waals surface area contributed by atoms with E-state index in [-0.39, 0.29) is 16.9 Å². The van der Waals surface area contributed by atoms with Crippen LogP contribution in [0, 0.1) is 0 Å². The fourth-order valence-electron chi connectivity index (χ4n) is 7.14. The van der Waals surface area contributed by atoms with Gasteiger partial charge in [0.1, 0.15) is 77.4 Å². The van der Waals surface area contributed by atoms with Crippen LogP contribution in [0.1, 0.15) is 5.56 Å². The number of aliphatic hydroxyl groups excluding tert-OH is 9. The lowest BCUT2D eigenvalue weighted by molar-refractivity contribution is -0.345. The molecule has 24 nitrogen and oxygen atoms in total.